The van der Waals surface area contributed by atoms with Crippen LogP contribution in [0.1, 0.15) is 0 Å². The maximum atomic E-state index is 12.4. The molecule has 130 valence electrons. The maximum absolute atomic E-state index is 12.4. The van der Waals surface area contributed by atoms with Gasteiger partial charge in [0.15, 0.2) is 0 Å². The lowest BCUT2D eigenvalue weighted by Crippen LogP contribution is -2.50. The van der Waals surface area contributed by atoms with E-state index in [1.807, 2.05) is 0 Å². The van der Waals surface area contributed by atoms with Gasteiger partial charge in [0, 0.05) is 32.4 Å². The Morgan fingerprint density at radius 2 is 1.92 bits per heavy atom. The fraction of sp³-hybridized carbons (Fsp3) is 0.286. The molecule has 1 saturated heterocycles. The van der Waals surface area contributed by atoms with E-state index in [0.717, 1.165) is 6.07 Å². The summed E-state index contributed by atoms with van der Waals surface area (Å²) in [6.07, 6.45) is 3.28. The fourth-order valence-corrected chi connectivity index (χ4v) is 2.74. The maximum Gasteiger partial charge on any atom is 0.299 e. The molecule has 1 amide bonds. The predicted molar refractivity (Wildman–Crippen MR) is 87.5 cm³/mol. The van der Waals surface area contributed by atoms with Crippen molar-refractivity contribution in [3.05, 3.63) is 50.8 Å². The molecule has 11 heteroatoms. The molecule has 2 aromatic rings. The van der Waals surface area contributed by atoms with Crippen molar-refractivity contribution in [2.45, 2.75) is 0 Å². The number of nitro benzene ring substituents is 2. The molecule has 1 aliphatic rings. The minimum Gasteiger partial charge on any atom is -0.355 e. The third-order valence-electron chi connectivity index (χ3n) is 3.93. The molecule has 0 bridgehead atoms. The SMILES string of the molecule is Cn1cc(N2CCN(c3ccc([N+](=O)[O-])cc3[N+](=O)[O-])CC2=O)cn1. The fourth-order valence-electron chi connectivity index (χ4n) is 2.74. The van der Waals surface area contributed by atoms with E-state index in [-0.39, 0.29) is 23.8 Å². The number of carbonyl (C=O) groups excluding carboxylic acids is 1. The Kier molecular flexibility index (Phi) is 4.05. The van der Waals surface area contributed by atoms with E-state index < -0.39 is 15.5 Å². The zero-order valence-electron chi connectivity index (χ0n) is 13.2. The van der Waals surface area contributed by atoms with Gasteiger partial charge in [-0.05, 0) is 6.07 Å². The lowest BCUT2D eigenvalue weighted by Gasteiger charge is -2.34. The molecule has 0 spiro atoms. The van der Waals surface area contributed by atoms with E-state index in [4.69, 9.17) is 0 Å². The van der Waals surface area contributed by atoms with E-state index >= 15 is 0 Å². The Morgan fingerprint density at radius 3 is 2.48 bits per heavy atom. The van der Waals surface area contributed by atoms with E-state index in [0.29, 0.717) is 18.8 Å². The molecule has 1 fully saturated rings. The summed E-state index contributed by atoms with van der Waals surface area (Å²) in [6.45, 7) is 0.630. The number of anilines is 2. The van der Waals surface area contributed by atoms with Crippen LogP contribution in [0.5, 0.6) is 0 Å². The molecule has 25 heavy (non-hydrogen) atoms. The molecule has 1 aromatic heterocycles. The first-order valence-electron chi connectivity index (χ1n) is 7.33. The number of carbonyl (C=O) groups is 1. The van der Waals surface area contributed by atoms with Crippen molar-refractivity contribution in [1.29, 1.82) is 0 Å². The second-order valence-corrected chi connectivity index (χ2v) is 5.53. The minimum atomic E-state index is -0.692. The van der Waals surface area contributed by atoms with Crippen LogP contribution < -0.4 is 9.80 Å². The third kappa shape index (κ3) is 3.11. The lowest BCUT2D eigenvalue weighted by molar-refractivity contribution is -0.393. The largest absolute Gasteiger partial charge is 0.355 e. The number of aryl methyl sites for hydroxylation is 1. The van der Waals surface area contributed by atoms with Crippen molar-refractivity contribution in [2.75, 3.05) is 29.4 Å². The number of nitro groups is 2. The molecular formula is C14H14N6O5. The van der Waals surface area contributed by atoms with Gasteiger partial charge in [-0.2, -0.15) is 5.10 Å². The summed E-state index contributed by atoms with van der Waals surface area (Å²) >= 11 is 0. The van der Waals surface area contributed by atoms with E-state index in [1.165, 1.54) is 12.1 Å². The number of benzene rings is 1. The van der Waals surface area contributed by atoms with Crippen molar-refractivity contribution in [3.63, 3.8) is 0 Å². The van der Waals surface area contributed by atoms with Crippen LogP contribution in [-0.4, -0.2) is 45.2 Å². The number of hydrogen-bond donors (Lipinski definition) is 0. The van der Waals surface area contributed by atoms with Gasteiger partial charge in [-0.15, -0.1) is 0 Å². The van der Waals surface area contributed by atoms with Crippen molar-refractivity contribution in [2.24, 2.45) is 7.05 Å². The summed E-state index contributed by atoms with van der Waals surface area (Å²) in [7, 11) is 1.74. The number of piperazine rings is 1. The first-order valence-corrected chi connectivity index (χ1v) is 7.33. The molecule has 0 saturated carbocycles. The predicted octanol–water partition coefficient (Wildman–Crippen LogP) is 1.09. The number of non-ortho nitro benzene ring substituents is 1. The minimum absolute atomic E-state index is 0.0620. The van der Waals surface area contributed by atoms with Crippen LogP contribution in [0.4, 0.5) is 22.7 Å². The third-order valence-corrected chi connectivity index (χ3v) is 3.93. The molecule has 0 unspecified atom stereocenters. The molecule has 11 nitrogen and oxygen atoms in total. The Labute approximate surface area is 141 Å². The van der Waals surface area contributed by atoms with Crippen LogP contribution in [-0.2, 0) is 11.8 Å². The highest BCUT2D eigenvalue weighted by atomic mass is 16.6. The quantitative estimate of drug-likeness (QED) is 0.598. The monoisotopic (exact) mass is 346 g/mol. The second-order valence-electron chi connectivity index (χ2n) is 5.53. The van der Waals surface area contributed by atoms with Gasteiger partial charge in [0.2, 0.25) is 5.91 Å². The zero-order valence-corrected chi connectivity index (χ0v) is 13.2. The highest BCUT2D eigenvalue weighted by Gasteiger charge is 2.30. The molecule has 0 atom stereocenters. The Hall–Kier alpha value is -3.50. The van der Waals surface area contributed by atoms with Crippen LogP contribution in [0.15, 0.2) is 30.6 Å². The highest BCUT2D eigenvalue weighted by Crippen LogP contribution is 2.33. The van der Waals surface area contributed by atoms with Crippen LogP contribution in [0, 0.1) is 20.2 Å². The summed E-state index contributed by atoms with van der Waals surface area (Å²) in [5.74, 6) is -0.230. The van der Waals surface area contributed by atoms with Gasteiger partial charge in [-0.3, -0.25) is 29.7 Å². The Morgan fingerprint density at radius 1 is 1.16 bits per heavy atom. The first kappa shape index (κ1) is 16.4. The van der Waals surface area contributed by atoms with Gasteiger partial charge in [0.1, 0.15) is 5.69 Å². The highest BCUT2D eigenvalue weighted by molar-refractivity contribution is 5.98. The van der Waals surface area contributed by atoms with Gasteiger partial charge in [-0.1, -0.05) is 0 Å². The normalized spacial score (nSPS) is 14.7. The summed E-state index contributed by atoms with van der Waals surface area (Å²) in [5.41, 5.74) is 0.0905. The number of amides is 1. The number of nitrogens with zero attached hydrogens (tertiary/aromatic N) is 6. The van der Waals surface area contributed by atoms with Crippen LogP contribution >= 0.6 is 0 Å². The molecule has 0 radical (unpaired) electrons. The summed E-state index contributed by atoms with van der Waals surface area (Å²) in [5, 5.41) is 26.1. The molecule has 0 N–H and O–H groups in total. The van der Waals surface area contributed by atoms with Gasteiger partial charge < -0.3 is 9.80 Å². The van der Waals surface area contributed by atoms with Gasteiger partial charge in [0.05, 0.1) is 34.3 Å². The molecule has 3 rings (SSSR count). The molecule has 0 aliphatic carbocycles. The van der Waals surface area contributed by atoms with E-state index in [9.17, 15) is 25.0 Å². The standard InChI is InChI=1S/C14H14N6O5/c1-16-8-11(7-15-16)18-5-4-17(9-14(18)21)12-3-2-10(19(22)23)6-13(12)20(24)25/h2-3,6-8H,4-5,9H2,1H3. The van der Waals surface area contributed by atoms with Crippen molar-refractivity contribution in [3.8, 4) is 0 Å². The van der Waals surface area contributed by atoms with Gasteiger partial charge >= 0.3 is 0 Å². The summed E-state index contributed by atoms with van der Waals surface area (Å²) in [4.78, 5) is 36.2. The number of hydrogen-bond acceptors (Lipinski definition) is 7. The summed E-state index contributed by atoms with van der Waals surface area (Å²) < 4.78 is 1.58. The lowest BCUT2D eigenvalue weighted by atomic mass is 10.2. The summed E-state index contributed by atoms with van der Waals surface area (Å²) in [6, 6.07) is 3.41. The van der Waals surface area contributed by atoms with Crippen LogP contribution in [0.2, 0.25) is 0 Å². The van der Waals surface area contributed by atoms with Crippen LogP contribution in [0.3, 0.4) is 0 Å². The average Bonchev–Trinajstić information content (AvgIpc) is 3.00. The van der Waals surface area contributed by atoms with Gasteiger partial charge in [0.25, 0.3) is 11.4 Å². The topological polar surface area (TPSA) is 128 Å². The van der Waals surface area contributed by atoms with E-state index in [2.05, 4.69) is 5.10 Å². The van der Waals surface area contributed by atoms with Crippen molar-refractivity contribution >= 4 is 28.7 Å². The van der Waals surface area contributed by atoms with Crippen molar-refractivity contribution in [1.82, 2.24) is 9.78 Å². The zero-order chi connectivity index (χ0) is 18.1. The van der Waals surface area contributed by atoms with Crippen molar-refractivity contribution < 1.29 is 14.6 Å². The molecule has 1 aliphatic heterocycles. The Bertz CT molecular complexity index is 863. The molecule has 2 heterocycles. The van der Waals surface area contributed by atoms with E-state index in [1.54, 1.807) is 33.9 Å². The molecular weight excluding hydrogens is 332 g/mol. The molecule has 1 aromatic carbocycles. The number of aromatic nitrogens is 2. The Balaban J connectivity index is 1.85. The van der Waals surface area contributed by atoms with Crippen LogP contribution in [0.25, 0.3) is 0 Å². The second kappa shape index (κ2) is 6.19. The van der Waals surface area contributed by atoms with Gasteiger partial charge in [-0.25, -0.2) is 0 Å². The number of rotatable bonds is 4. The average molecular weight is 346 g/mol. The first-order chi connectivity index (χ1) is 11.9. The smallest absolute Gasteiger partial charge is 0.299 e.